The number of carboxylic acid groups (broad SMARTS) is 1. The van der Waals surface area contributed by atoms with Gasteiger partial charge in [-0.2, -0.15) is 13.2 Å². The summed E-state index contributed by atoms with van der Waals surface area (Å²) in [5, 5.41) is 21.4. The van der Waals surface area contributed by atoms with Crippen molar-refractivity contribution in [2.24, 2.45) is 5.73 Å². The van der Waals surface area contributed by atoms with E-state index in [0.717, 1.165) is 24.1 Å². The normalized spacial score (nSPS) is 17.9. The zero-order chi connectivity index (χ0) is 36.4. The SMILES string of the molecule is CCOC(=O)c1ccc(NC(=O)N(C2CCC[N+](C)(Cc3ccc(F)cc3)C2)[C@@H](Cc2ccc(O)cc2)C(N)=O)cc1.O=C([O-])C(F)(F)F. The maximum Gasteiger partial charge on any atom is 0.430 e. The Morgan fingerprint density at radius 2 is 1.59 bits per heavy atom. The molecule has 0 aromatic heterocycles. The number of aliphatic carboxylic acids is 1. The number of esters is 1. The molecule has 15 heteroatoms. The number of phenolic OH excluding ortho intramolecular Hbond substituents is 1. The first-order valence-corrected chi connectivity index (χ1v) is 15.3. The fourth-order valence-electron chi connectivity index (χ4n) is 5.65. The highest BCUT2D eigenvalue weighted by Crippen LogP contribution is 2.28. The lowest BCUT2D eigenvalue weighted by atomic mass is 9.96. The van der Waals surface area contributed by atoms with Crippen molar-refractivity contribution in [3.63, 3.8) is 0 Å². The summed E-state index contributed by atoms with van der Waals surface area (Å²) in [7, 11) is 2.10. The largest absolute Gasteiger partial charge is 0.542 e. The molecule has 0 saturated carbocycles. The van der Waals surface area contributed by atoms with Crippen LogP contribution in [-0.2, 0) is 27.3 Å². The Kier molecular flexibility index (Phi) is 13.1. The molecule has 3 aromatic carbocycles. The summed E-state index contributed by atoms with van der Waals surface area (Å²) < 4.78 is 50.7. The Labute approximate surface area is 280 Å². The number of aromatic hydroxyl groups is 1. The number of rotatable bonds is 10. The Bertz CT molecular complexity index is 1590. The predicted octanol–water partition coefficient (Wildman–Crippen LogP) is 3.75. The van der Waals surface area contributed by atoms with Gasteiger partial charge in [0, 0.05) is 17.7 Å². The number of carbonyl (C=O) groups excluding carboxylic acids is 4. The zero-order valence-corrected chi connectivity index (χ0v) is 26.9. The summed E-state index contributed by atoms with van der Waals surface area (Å²) >= 11 is 0. The van der Waals surface area contributed by atoms with Crippen molar-refractivity contribution in [1.29, 1.82) is 0 Å². The third kappa shape index (κ3) is 11.5. The van der Waals surface area contributed by atoms with Crippen LogP contribution in [0.25, 0.3) is 0 Å². The van der Waals surface area contributed by atoms with E-state index in [1.54, 1.807) is 60.4 Å². The first-order chi connectivity index (χ1) is 23.0. The molecule has 1 saturated heterocycles. The number of piperidine rings is 1. The number of nitrogens with one attached hydrogen (secondary N) is 1. The molecule has 1 aliphatic heterocycles. The van der Waals surface area contributed by atoms with Crippen LogP contribution >= 0.6 is 0 Å². The molecule has 11 nitrogen and oxygen atoms in total. The average Bonchev–Trinajstić information content (AvgIpc) is 3.03. The number of primary amides is 1. The van der Waals surface area contributed by atoms with E-state index in [0.29, 0.717) is 35.2 Å². The number of amides is 3. The second kappa shape index (κ2) is 16.8. The van der Waals surface area contributed by atoms with E-state index in [4.69, 9.17) is 20.4 Å². The molecule has 3 aromatic rings. The minimum atomic E-state index is -5.19. The van der Waals surface area contributed by atoms with Crippen LogP contribution in [0.4, 0.5) is 28.0 Å². The summed E-state index contributed by atoms with van der Waals surface area (Å²) in [6.07, 6.45) is -3.54. The molecule has 1 heterocycles. The van der Waals surface area contributed by atoms with Crippen molar-refractivity contribution in [3.8, 4) is 5.75 Å². The molecule has 1 fully saturated rings. The van der Waals surface area contributed by atoms with Crippen LogP contribution in [0.1, 0.15) is 41.3 Å². The van der Waals surface area contributed by atoms with Crippen LogP contribution in [0, 0.1) is 5.82 Å². The van der Waals surface area contributed by atoms with E-state index in [9.17, 15) is 37.1 Å². The van der Waals surface area contributed by atoms with E-state index < -0.39 is 36.1 Å². The third-order valence-corrected chi connectivity index (χ3v) is 7.90. The number of nitrogens with zero attached hydrogens (tertiary/aromatic N) is 2. The summed E-state index contributed by atoms with van der Waals surface area (Å²) in [6.45, 7) is 4.04. The second-order valence-corrected chi connectivity index (χ2v) is 11.8. The summed E-state index contributed by atoms with van der Waals surface area (Å²) in [5.41, 5.74) is 8.47. The molecular weight excluding hydrogens is 652 g/mol. The molecule has 0 spiro atoms. The van der Waals surface area contributed by atoms with Crippen molar-refractivity contribution in [3.05, 3.63) is 95.3 Å². The maximum atomic E-state index is 14.0. The van der Waals surface area contributed by atoms with Crippen LogP contribution in [0.2, 0.25) is 0 Å². The first-order valence-electron chi connectivity index (χ1n) is 15.3. The van der Waals surface area contributed by atoms with Crippen molar-refractivity contribution < 1.29 is 56.2 Å². The molecular formula is C34H38F4N4O7. The highest BCUT2D eigenvalue weighted by molar-refractivity contribution is 5.95. The maximum absolute atomic E-state index is 14.0. The van der Waals surface area contributed by atoms with Crippen LogP contribution in [0.5, 0.6) is 5.75 Å². The van der Waals surface area contributed by atoms with Gasteiger partial charge in [0.25, 0.3) is 0 Å². The molecule has 0 bridgehead atoms. The van der Waals surface area contributed by atoms with Gasteiger partial charge in [-0.25, -0.2) is 14.0 Å². The monoisotopic (exact) mass is 690 g/mol. The number of ether oxygens (including phenoxy) is 1. The van der Waals surface area contributed by atoms with Crippen LogP contribution in [0.15, 0.2) is 72.8 Å². The Morgan fingerprint density at radius 3 is 2.12 bits per heavy atom. The zero-order valence-electron chi connectivity index (χ0n) is 26.9. The van der Waals surface area contributed by atoms with Crippen molar-refractivity contribution >= 4 is 29.6 Å². The number of benzene rings is 3. The standard InChI is InChI=1S/C32H37FN4O5.C2HF3O2/c1-3-42-31(40)24-10-14-26(15-11-24)35-32(41)36(29(30(34)39)19-22-8-16-28(38)17-9-22)27-5-4-18-37(2,21-27)20-23-6-12-25(33)13-7-23;3-2(4,5)1(6)7/h6-17,27,29H,3-5,18-21H2,1-2H3,(H3-,34,35,38,39,40,41);(H,6,7)/t27?,29-,37?;/m0./s1. The summed E-state index contributed by atoms with van der Waals surface area (Å²) in [5.74, 6) is -4.31. The predicted molar refractivity (Wildman–Crippen MR) is 168 cm³/mol. The molecule has 4 rings (SSSR count). The van der Waals surface area contributed by atoms with Crippen LogP contribution in [0.3, 0.4) is 0 Å². The van der Waals surface area contributed by atoms with Crippen LogP contribution < -0.4 is 16.2 Å². The minimum absolute atomic E-state index is 0.0939. The minimum Gasteiger partial charge on any atom is -0.542 e. The number of hydrogen-bond donors (Lipinski definition) is 3. The number of likely N-dealkylation sites (tertiary alicyclic amines) is 1. The smallest absolute Gasteiger partial charge is 0.430 e. The Morgan fingerprint density at radius 1 is 1.02 bits per heavy atom. The number of anilines is 1. The van der Waals surface area contributed by atoms with Gasteiger partial charge < -0.3 is 40.2 Å². The summed E-state index contributed by atoms with van der Waals surface area (Å²) in [4.78, 5) is 49.3. The summed E-state index contributed by atoms with van der Waals surface area (Å²) in [6, 6.07) is 17.5. The van der Waals surface area contributed by atoms with Gasteiger partial charge in [-0.3, -0.25) is 4.79 Å². The number of nitrogens with two attached hydrogens (primary N) is 1. The van der Waals surface area contributed by atoms with Gasteiger partial charge >= 0.3 is 18.2 Å². The number of phenols is 1. The fraction of sp³-hybridized carbons (Fsp3) is 0.353. The molecule has 2 unspecified atom stereocenters. The molecule has 264 valence electrons. The number of carboxylic acids is 1. The molecule has 4 N–H and O–H groups in total. The molecule has 3 amide bonds. The fourth-order valence-corrected chi connectivity index (χ4v) is 5.65. The molecule has 49 heavy (non-hydrogen) atoms. The van der Waals surface area contributed by atoms with E-state index in [1.807, 2.05) is 0 Å². The average molecular weight is 691 g/mol. The molecule has 1 aliphatic rings. The molecule has 0 aliphatic carbocycles. The lowest BCUT2D eigenvalue weighted by molar-refractivity contribution is -0.928. The van der Waals surface area contributed by atoms with Crippen LogP contribution in [-0.4, -0.2) is 83.4 Å². The van der Waals surface area contributed by atoms with Gasteiger partial charge in [0.2, 0.25) is 5.91 Å². The Balaban J connectivity index is 0.000000838. The van der Waals surface area contributed by atoms with Crippen molar-refractivity contribution in [2.45, 2.75) is 51.0 Å². The molecule has 3 atom stereocenters. The number of carbonyl (C=O) groups is 4. The van der Waals surface area contributed by atoms with E-state index in [2.05, 4.69) is 12.4 Å². The number of alkyl halides is 3. The van der Waals surface area contributed by atoms with E-state index in [-0.39, 0.29) is 30.6 Å². The quantitative estimate of drug-likeness (QED) is 0.166. The lowest BCUT2D eigenvalue weighted by Crippen LogP contribution is -2.62. The van der Waals surface area contributed by atoms with E-state index in [1.165, 1.54) is 24.3 Å². The lowest BCUT2D eigenvalue weighted by Gasteiger charge is -2.46. The molecule has 0 radical (unpaired) electrons. The number of hydrogen-bond acceptors (Lipinski definition) is 7. The highest BCUT2D eigenvalue weighted by Gasteiger charge is 2.41. The van der Waals surface area contributed by atoms with Gasteiger partial charge in [0.1, 0.15) is 30.1 Å². The van der Waals surface area contributed by atoms with Gasteiger partial charge in [-0.05, 0) is 73.9 Å². The van der Waals surface area contributed by atoms with Crippen molar-refractivity contribution in [2.75, 3.05) is 32.1 Å². The van der Waals surface area contributed by atoms with E-state index >= 15 is 0 Å². The number of likely N-dealkylation sites (N-methyl/N-ethyl adjacent to an activating group) is 1. The first kappa shape index (κ1) is 38.3. The van der Waals surface area contributed by atoms with Gasteiger partial charge in [-0.1, -0.05) is 24.3 Å². The number of halogens is 4. The number of urea groups is 1. The Hall–Kier alpha value is -5.18. The van der Waals surface area contributed by atoms with Crippen molar-refractivity contribution in [1.82, 2.24) is 4.90 Å². The topological polar surface area (TPSA) is 162 Å². The van der Waals surface area contributed by atoms with Gasteiger partial charge in [-0.15, -0.1) is 0 Å². The van der Waals surface area contributed by atoms with Gasteiger partial charge in [0.05, 0.1) is 38.3 Å². The van der Waals surface area contributed by atoms with Gasteiger partial charge in [0.15, 0.2) is 0 Å². The highest BCUT2D eigenvalue weighted by atomic mass is 19.4. The third-order valence-electron chi connectivity index (χ3n) is 7.90. The second-order valence-electron chi connectivity index (χ2n) is 11.8. The number of quaternary nitrogens is 1.